The minimum Gasteiger partial charge on any atom is -0.493 e. The Labute approximate surface area is 138 Å². The van der Waals surface area contributed by atoms with Crippen LogP contribution in [-0.4, -0.2) is 31.1 Å². The average molecular weight is 321 g/mol. The fraction of sp³-hybridized carbons (Fsp3) is 0.556. The van der Waals surface area contributed by atoms with Gasteiger partial charge in [-0.2, -0.15) is 0 Å². The van der Waals surface area contributed by atoms with Gasteiger partial charge in [-0.05, 0) is 38.8 Å². The molecule has 0 radical (unpaired) electrons. The number of amides is 1. The van der Waals surface area contributed by atoms with E-state index in [2.05, 4.69) is 5.32 Å². The van der Waals surface area contributed by atoms with Crippen LogP contribution in [0.2, 0.25) is 0 Å². The van der Waals surface area contributed by atoms with Crippen LogP contribution in [0.5, 0.6) is 5.75 Å². The van der Waals surface area contributed by atoms with E-state index in [0.717, 1.165) is 17.7 Å². The second kappa shape index (κ2) is 8.56. The first-order chi connectivity index (χ1) is 10.8. The van der Waals surface area contributed by atoms with Crippen LogP contribution in [0.25, 0.3) is 0 Å². The second-order valence-electron chi connectivity index (χ2n) is 5.99. The van der Waals surface area contributed by atoms with Crippen molar-refractivity contribution >= 4 is 11.9 Å². The highest BCUT2D eigenvalue weighted by molar-refractivity contribution is 5.87. The summed E-state index contributed by atoms with van der Waals surface area (Å²) in [7, 11) is 1.33. The van der Waals surface area contributed by atoms with Crippen molar-refractivity contribution in [3.63, 3.8) is 0 Å². The van der Waals surface area contributed by atoms with Gasteiger partial charge in [0.15, 0.2) is 0 Å². The van der Waals surface area contributed by atoms with E-state index in [9.17, 15) is 9.59 Å². The monoisotopic (exact) mass is 321 g/mol. The molecule has 0 saturated carbocycles. The number of methoxy groups -OCH3 is 1. The second-order valence-corrected chi connectivity index (χ2v) is 5.99. The summed E-state index contributed by atoms with van der Waals surface area (Å²) in [5.41, 5.74) is 1.22. The van der Waals surface area contributed by atoms with E-state index in [-0.39, 0.29) is 18.9 Å². The maximum Gasteiger partial charge on any atom is 0.331 e. The van der Waals surface area contributed by atoms with Gasteiger partial charge in [0.1, 0.15) is 11.3 Å². The summed E-state index contributed by atoms with van der Waals surface area (Å²) >= 11 is 0. The normalized spacial score (nSPS) is 13.1. The van der Waals surface area contributed by atoms with E-state index in [1.165, 1.54) is 12.7 Å². The summed E-state index contributed by atoms with van der Waals surface area (Å²) in [4.78, 5) is 23.9. The number of esters is 1. The Bertz CT molecular complexity index is 556. The minimum absolute atomic E-state index is 0.184. The first kappa shape index (κ1) is 19.0. The molecule has 0 bridgehead atoms. The molecule has 0 spiro atoms. The van der Waals surface area contributed by atoms with Crippen molar-refractivity contribution in [3.05, 3.63) is 29.3 Å². The fourth-order valence-electron chi connectivity index (χ4n) is 2.53. The predicted molar refractivity (Wildman–Crippen MR) is 89.5 cm³/mol. The van der Waals surface area contributed by atoms with Crippen molar-refractivity contribution < 1.29 is 19.1 Å². The first-order valence-corrected chi connectivity index (χ1v) is 7.92. The Hall–Kier alpha value is -2.04. The van der Waals surface area contributed by atoms with Crippen LogP contribution in [0.4, 0.5) is 0 Å². The van der Waals surface area contributed by atoms with E-state index < -0.39 is 11.5 Å². The molecule has 5 nitrogen and oxygen atoms in total. The third-order valence-corrected chi connectivity index (χ3v) is 3.72. The van der Waals surface area contributed by atoms with E-state index in [4.69, 9.17) is 9.47 Å². The average Bonchev–Trinajstić information content (AvgIpc) is 2.48. The molecule has 0 aliphatic heterocycles. The third-order valence-electron chi connectivity index (χ3n) is 3.72. The van der Waals surface area contributed by atoms with Gasteiger partial charge in [0.2, 0.25) is 5.91 Å². The van der Waals surface area contributed by atoms with Gasteiger partial charge < -0.3 is 14.8 Å². The maximum atomic E-state index is 12.1. The van der Waals surface area contributed by atoms with Gasteiger partial charge in [0, 0.05) is 0 Å². The first-order valence-electron chi connectivity index (χ1n) is 7.92. The lowest BCUT2D eigenvalue weighted by molar-refractivity contribution is -0.150. The summed E-state index contributed by atoms with van der Waals surface area (Å²) in [6.07, 6.45) is 1.48. The van der Waals surface area contributed by atoms with E-state index in [1.54, 1.807) is 6.92 Å². The van der Waals surface area contributed by atoms with Gasteiger partial charge >= 0.3 is 5.97 Å². The molecule has 0 aromatic heterocycles. The lowest BCUT2D eigenvalue weighted by atomic mass is 9.96. The van der Waals surface area contributed by atoms with Crippen LogP contribution in [0.15, 0.2) is 18.2 Å². The predicted octanol–water partition coefficient (Wildman–Crippen LogP) is 2.92. The van der Waals surface area contributed by atoms with E-state index >= 15 is 0 Å². The summed E-state index contributed by atoms with van der Waals surface area (Å²) in [5.74, 6) is 0.117. The van der Waals surface area contributed by atoms with Crippen molar-refractivity contribution in [3.8, 4) is 5.75 Å². The van der Waals surface area contributed by atoms with Crippen molar-refractivity contribution in [1.29, 1.82) is 0 Å². The quantitative estimate of drug-likeness (QED) is 0.748. The van der Waals surface area contributed by atoms with Gasteiger partial charge in [-0.3, -0.25) is 4.79 Å². The number of nitrogens with one attached hydrogen (secondary N) is 1. The fourth-order valence-corrected chi connectivity index (χ4v) is 2.53. The molecule has 1 aromatic carbocycles. The van der Waals surface area contributed by atoms with E-state index in [0.29, 0.717) is 6.42 Å². The van der Waals surface area contributed by atoms with Crippen LogP contribution >= 0.6 is 0 Å². The molecule has 0 fully saturated rings. The molecule has 1 unspecified atom stereocenters. The number of hydrogen-bond acceptors (Lipinski definition) is 4. The molecule has 1 aromatic rings. The smallest absolute Gasteiger partial charge is 0.331 e. The Balaban J connectivity index is 2.54. The summed E-state index contributed by atoms with van der Waals surface area (Å²) in [5, 5.41) is 2.76. The molecule has 0 heterocycles. The van der Waals surface area contributed by atoms with Crippen LogP contribution in [-0.2, 0) is 14.3 Å². The van der Waals surface area contributed by atoms with Crippen molar-refractivity contribution in [2.45, 2.75) is 52.5 Å². The van der Waals surface area contributed by atoms with Gasteiger partial charge in [-0.25, -0.2) is 4.79 Å². The van der Waals surface area contributed by atoms with Crippen LogP contribution in [0.3, 0.4) is 0 Å². The third kappa shape index (κ3) is 5.58. The van der Waals surface area contributed by atoms with Crippen LogP contribution in [0, 0.1) is 13.8 Å². The SMILES string of the molecule is CCCC(C)(NC(=O)CCOc1ccc(C)cc1C)C(=O)OC. The van der Waals surface area contributed by atoms with Gasteiger partial charge in [0.25, 0.3) is 0 Å². The Kier molecular flexibility index (Phi) is 7.07. The molecule has 1 rings (SSSR count). The highest BCUT2D eigenvalue weighted by Crippen LogP contribution is 2.19. The van der Waals surface area contributed by atoms with Crippen molar-refractivity contribution in [1.82, 2.24) is 5.32 Å². The molecule has 0 saturated heterocycles. The zero-order valence-electron chi connectivity index (χ0n) is 14.7. The summed E-state index contributed by atoms with van der Waals surface area (Å²) < 4.78 is 10.4. The molecular formula is C18H27NO4. The molecule has 0 aliphatic rings. The summed E-state index contributed by atoms with van der Waals surface area (Å²) in [6, 6.07) is 5.90. The molecule has 0 aliphatic carbocycles. The Morgan fingerprint density at radius 2 is 1.96 bits per heavy atom. The molecule has 5 heteroatoms. The molecule has 1 atom stereocenters. The zero-order chi connectivity index (χ0) is 17.5. The maximum absolute atomic E-state index is 12.1. The van der Waals surface area contributed by atoms with Crippen LogP contribution in [0.1, 0.15) is 44.2 Å². The molecule has 128 valence electrons. The van der Waals surface area contributed by atoms with Crippen LogP contribution < -0.4 is 10.1 Å². The topological polar surface area (TPSA) is 64.6 Å². The van der Waals surface area contributed by atoms with Gasteiger partial charge in [-0.1, -0.05) is 31.0 Å². The number of carbonyl (C=O) groups is 2. The standard InChI is InChI=1S/C18H27NO4/c1-6-10-18(4,17(21)22-5)19-16(20)9-11-23-15-8-7-13(2)12-14(15)3/h7-8,12H,6,9-11H2,1-5H3,(H,19,20). The highest BCUT2D eigenvalue weighted by Gasteiger charge is 2.34. The zero-order valence-corrected chi connectivity index (χ0v) is 14.7. The van der Waals surface area contributed by atoms with Crippen molar-refractivity contribution in [2.24, 2.45) is 0 Å². The number of benzene rings is 1. The number of carbonyl (C=O) groups excluding carboxylic acids is 2. The molecule has 1 N–H and O–H groups in total. The van der Waals surface area contributed by atoms with E-state index in [1.807, 2.05) is 39.0 Å². The lowest BCUT2D eigenvalue weighted by Gasteiger charge is -2.27. The number of aryl methyl sites for hydroxylation is 2. The largest absolute Gasteiger partial charge is 0.493 e. The Morgan fingerprint density at radius 1 is 1.26 bits per heavy atom. The number of hydrogen-bond donors (Lipinski definition) is 1. The minimum atomic E-state index is -0.986. The highest BCUT2D eigenvalue weighted by atomic mass is 16.5. The molecule has 1 amide bonds. The lowest BCUT2D eigenvalue weighted by Crippen LogP contribution is -2.52. The number of rotatable bonds is 8. The van der Waals surface area contributed by atoms with Crippen molar-refractivity contribution in [2.75, 3.05) is 13.7 Å². The number of ether oxygens (including phenoxy) is 2. The van der Waals surface area contributed by atoms with Gasteiger partial charge in [-0.15, -0.1) is 0 Å². The molecular weight excluding hydrogens is 294 g/mol. The van der Waals surface area contributed by atoms with Gasteiger partial charge in [0.05, 0.1) is 20.1 Å². The molecule has 23 heavy (non-hydrogen) atoms. The summed E-state index contributed by atoms with van der Waals surface area (Å²) in [6.45, 7) is 7.89. The Morgan fingerprint density at radius 3 is 2.52 bits per heavy atom.